The number of nitrogens with zero attached hydrogens (tertiary/aromatic N) is 2. The van der Waals surface area contributed by atoms with Crippen molar-refractivity contribution in [2.24, 2.45) is 7.05 Å². The number of carboxylic acid groups (broad SMARTS) is 1. The number of aromatic nitrogens is 2. The quantitative estimate of drug-likeness (QED) is 0.855. The minimum atomic E-state index is -1.05. The molecule has 1 N–H and O–H groups in total. The van der Waals surface area contributed by atoms with Gasteiger partial charge in [-0.3, -0.25) is 0 Å². The summed E-state index contributed by atoms with van der Waals surface area (Å²) in [7, 11) is 1.90. The fourth-order valence-corrected chi connectivity index (χ4v) is 2.56. The summed E-state index contributed by atoms with van der Waals surface area (Å²) in [6.07, 6.45) is 4.27. The summed E-state index contributed by atoms with van der Waals surface area (Å²) in [5, 5.41) is 8.87. The number of hydrogen-bond donors (Lipinski definition) is 1. The maximum Gasteiger partial charge on any atom is 0.335 e. The maximum atomic E-state index is 13.5. The highest BCUT2D eigenvalue weighted by Gasteiger charge is 2.09. The molecule has 19 heavy (non-hydrogen) atoms. The van der Waals surface area contributed by atoms with E-state index in [0.29, 0.717) is 17.1 Å². The SMILES string of the molecule is Cn1ccnc1CCSc1cc(C(=O)O)ccc1F. The van der Waals surface area contributed by atoms with Crippen LogP contribution in [0.25, 0.3) is 0 Å². The highest BCUT2D eigenvalue weighted by molar-refractivity contribution is 7.99. The zero-order valence-electron chi connectivity index (χ0n) is 10.3. The Morgan fingerprint density at radius 3 is 2.95 bits per heavy atom. The average Bonchev–Trinajstić information content (AvgIpc) is 2.77. The first-order valence-electron chi connectivity index (χ1n) is 5.70. The minimum absolute atomic E-state index is 0.0980. The molecule has 1 aromatic carbocycles. The summed E-state index contributed by atoms with van der Waals surface area (Å²) in [4.78, 5) is 15.4. The first kappa shape index (κ1) is 13.6. The van der Waals surface area contributed by atoms with Gasteiger partial charge in [0.25, 0.3) is 0 Å². The molecule has 0 unspecified atom stereocenters. The molecule has 0 aliphatic heterocycles. The van der Waals surface area contributed by atoms with Crippen molar-refractivity contribution in [1.29, 1.82) is 0 Å². The Kier molecular flexibility index (Phi) is 4.21. The predicted octanol–water partition coefficient (Wildman–Crippen LogP) is 2.59. The van der Waals surface area contributed by atoms with Gasteiger partial charge in [0.2, 0.25) is 0 Å². The third-order valence-electron chi connectivity index (χ3n) is 2.68. The number of imidazole rings is 1. The number of carboxylic acids is 1. The summed E-state index contributed by atoms with van der Waals surface area (Å²) in [5.41, 5.74) is 0.0980. The van der Waals surface area contributed by atoms with Crippen LogP contribution in [0.4, 0.5) is 4.39 Å². The van der Waals surface area contributed by atoms with E-state index >= 15 is 0 Å². The van der Waals surface area contributed by atoms with Crippen LogP contribution in [-0.4, -0.2) is 26.4 Å². The Hall–Kier alpha value is -1.82. The van der Waals surface area contributed by atoms with Gasteiger partial charge in [-0.1, -0.05) is 0 Å². The van der Waals surface area contributed by atoms with Crippen molar-refractivity contribution >= 4 is 17.7 Å². The van der Waals surface area contributed by atoms with Crippen molar-refractivity contribution in [1.82, 2.24) is 9.55 Å². The van der Waals surface area contributed by atoms with Gasteiger partial charge in [0.1, 0.15) is 11.6 Å². The molecule has 0 aliphatic rings. The molecule has 2 aromatic rings. The number of aromatic carboxylic acids is 1. The van der Waals surface area contributed by atoms with Gasteiger partial charge in [-0.05, 0) is 18.2 Å². The Bertz CT molecular complexity index is 598. The lowest BCUT2D eigenvalue weighted by atomic mass is 10.2. The molecule has 0 aliphatic carbocycles. The first-order chi connectivity index (χ1) is 9.08. The number of halogens is 1. The van der Waals surface area contributed by atoms with Crippen molar-refractivity contribution in [3.8, 4) is 0 Å². The number of benzene rings is 1. The van der Waals surface area contributed by atoms with Crippen LogP contribution in [0.5, 0.6) is 0 Å². The largest absolute Gasteiger partial charge is 0.478 e. The molecule has 0 spiro atoms. The van der Waals surface area contributed by atoms with Crippen molar-refractivity contribution < 1.29 is 14.3 Å². The lowest BCUT2D eigenvalue weighted by Gasteiger charge is -2.05. The van der Waals surface area contributed by atoms with E-state index in [-0.39, 0.29) is 5.56 Å². The van der Waals surface area contributed by atoms with E-state index in [4.69, 9.17) is 5.11 Å². The molecule has 0 atom stereocenters. The molecule has 0 amide bonds. The molecule has 4 nitrogen and oxygen atoms in total. The van der Waals surface area contributed by atoms with Gasteiger partial charge in [0, 0.05) is 36.5 Å². The van der Waals surface area contributed by atoms with Crippen LogP contribution in [0.15, 0.2) is 35.5 Å². The number of aryl methyl sites for hydroxylation is 2. The molecule has 1 aromatic heterocycles. The summed E-state index contributed by atoms with van der Waals surface area (Å²) in [6, 6.07) is 3.81. The monoisotopic (exact) mass is 280 g/mol. The maximum absolute atomic E-state index is 13.5. The van der Waals surface area contributed by atoms with Gasteiger partial charge in [0.05, 0.1) is 5.56 Å². The van der Waals surface area contributed by atoms with Gasteiger partial charge in [0.15, 0.2) is 0 Å². The highest BCUT2D eigenvalue weighted by Crippen LogP contribution is 2.23. The van der Waals surface area contributed by atoms with E-state index in [1.807, 2.05) is 17.8 Å². The molecule has 6 heteroatoms. The molecule has 0 fully saturated rings. The Morgan fingerprint density at radius 2 is 2.32 bits per heavy atom. The second kappa shape index (κ2) is 5.88. The predicted molar refractivity (Wildman–Crippen MR) is 71.0 cm³/mol. The van der Waals surface area contributed by atoms with Gasteiger partial charge < -0.3 is 9.67 Å². The van der Waals surface area contributed by atoms with Crippen LogP contribution in [-0.2, 0) is 13.5 Å². The summed E-state index contributed by atoms with van der Waals surface area (Å²) in [6.45, 7) is 0. The Balaban J connectivity index is 2.01. The molecule has 1 heterocycles. The van der Waals surface area contributed by atoms with Gasteiger partial charge in [-0.15, -0.1) is 11.8 Å². The molecular formula is C13H13FN2O2S. The van der Waals surface area contributed by atoms with E-state index in [9.17, 15) is 9.18 Å². The third kappa shape index (κ3) is 3.35. The third-order valence-corrected chi connectivity index (χ3v) is 3.71. The van der Waals surface area contributed by atoms with Gasteiger partial charge in [-0.25, -0.2) is 14.2 Å². The van der Waals surface area contributed by atoms with Crippen LogP contribution in [0, 0.1) is 5.82 Å². The summed E-state index contributed by atoms with van der Waals surface area (Å²) >= 11 is 1.29. The number of carbonyl (C=O) groups is 1. The fraction of sp³-hybridized carbons (Fsp3) is 0.231. The Labute approximate surface area is 114 Å². The Morgan fingerprint density at radius 1 is 1.53 bits per heavy atom. The molecule has 0 radical (unpaired) electrons. The lowest BCUT2D eigenvalue weighted by molar-refractivity contribution is 0.0696. The van der Waals surface area contributed by atoms with Crippen LogP contribution < -0.4 is 0 Å². The van der Waals surface area contributed by atoms with E-state index in [1.165, 1.54) is 30.0 Å². The van der Waals surface area contributed by atoms with Crippen LogP contribution in [0.1, 0.15) is 16.2 Å². The molecule has 2 rings (SSSR count). The lowest BCUT2D eigenvalue weighted by Crippen LogP contribution is -2.00. The highest BCUT2D eigenvalue weighted by atomic mass is 32.2. The molecular weight excluding hydrogens is 267 g/mol. The van der Waals surface area contributed by atoms with Crippen molar-refractivity contribution in [3.63, 3.8) is 0 Å². The van der Waals surface area contributed by atoms with Crippen LogP contribution in [0.2, 0.25) is 0 Å². The zero-order valence-corrected chi connectivity index (χ0v) is 11.2. The van der Waals surface area contributed by atoms with E-state index in [2.05, 4.69) is 4.98 Å². The smallest absolute Gasteiger partial charge is 0.335 e. The second-order valence-corrected chi connectivity index (χ2v) is 5.14. The summed E-state index contributed by atoms with van der Waals surface area (Å²) in [5.74, 6) is 0.119. The normalized spacial score (nSPS) is 10.6. The van der Waals surface area contributed by atoms with Crippen LogP contribution >= 0.6 is 11.8 Å². The summed E-state index contributed by atoms with van der Waals surface area (Å²) < 4.78 is 15.5. The van der Waals surface area contributed by atoms with E-state index < -0.39 is 11.8 Å². The molecule has 0 saturated heterocycles. The minimum Gasteiger partial charge on any atom is -0.478 e. The van der Waals surface area contributed by atoms with Crippen molar-refractivity contribution in [2.45, 2.75) is 11.3 Å². The zero-order chi connectivity index (χ0) is 13.8. The first-order valence-corrected chi connectivity index (χ1v) is 6.68. The number of rotatable bonds is 5. The van der Waals surface area contributed by atoms with Crippen molar-refractivity contribution in [2.75, 3.05) is 5.75 Å². The van der Waals surface area contributed by atoms with Gasteiger partial charge >= 0.3 is 5.97 Å². The van der Waals surface area contributed by atoms with Crippen LogP contribution in [0.3, 0.4) is 0 Å². The van der Waals surface area contributed by atoms with E-state index in [1.54, 1.807) is 6.20 Å². The molecule has 0 bridgehead atoms. The number of hydrogen-bond acceptors (Lipinski definition) is 3. The standard InChI is InChI=1S/C13H13FN2O2S/c1-16-6-5-15-12(16)4-7-19-11-8-9(13(17)18)2-3-10(11)14/h2-3,5-6,8H,4,7H2,1H3,(H,17,18). The second-order valence-electron chi connectivity index (χ2n) is 4.00. The van der Waals surface area contributed by atoms with E-state index in [0.717, 1.165) is 5.82 Å². The molecule has 0 saturated carbocycles. The van der Waals surface area contributed by atoms with Crippen molar-refractivity contribution in [3.05, 3.63) is 47.8 Å². The number of thioether (sulfide) groups is 1. The van der Waals surface area contributed by atoms with Gasteiger partial charge in [-0.2, -0.15) is 0 Å². The fourth-order valence-electron chi connectivity index (χ4n) is 1.64. The average molecular weight is 280 g/mol. The molecule has 100 valence electrons. The topological polar surface area (TPSA) is 55.1 Å².